The van der Waals surface area contributed by atoms with Crippen molar-refractivity contribution in [3.05, 3.63) is 46.8 Å². The highest BCUT2D eigenvalue weighted by atomic mass is 16.5. The van der Waals surface area contributed by atoms with E-state index in [0.717, 1.165) is 12.8 Å². The van der Waals surface area contributed by atoms with E-state index in [2.05, 4.69) is 10.3 Å². The smallest absolute Gasteiger partial charge is 0.257 e. The minimum Gasteiger partial charge on any atom is -0.495 e. The summed E-state index contributed by atoms with van der Waals surface area (Å²) in [5.41, 5.74) is 3.55. The Hall–Kier alpha value is -3.46. The van der Waals surface area contributed by atoms with Gasteiger partial charge in [-0.25, -0.2) is 0 Å². The molecule has 0 spiro atoms. The van der Waals surface area contributed by atoms with Crippen molar-refractivity contribution < 1.29 is 23.9 Å². The second-order valence-electron chi connectivity index (χ2n) is 9.01. The zero-order valence-electron chi connectivity index (χ0n) is 19.4. The molecule has 1 saturated heterocycles. The molecule has 1 aromatic carbocycles. The maximum absolute atomic E-state index is 12.9. The van der Waals surface area contributed by atoms with Gasteiger partial charge in [-0.05, 0) is 37.1 Å². The van der Waals surface area contributed by atoms with E-state index in [0.29, 0.717) is 72.5 Å². The van der Waals surface area contributed by atoms with E-state index in [4.69, 9.17) is 9.47 Å². The molecule has 3 heterocycles. The van der Waals surface area contributed by atoms with Crippen LogP contribution in [0.2, 0.25) is 0 Å². The maximum atomic E-state index is 12.9. The summed E-state index contributed by atoms with van der Waals surface area (Å²) < 4.78 is 10.9. The molecule has 0 bridgehead atoms. The van der Waals surface area contributed by atoms with Gasteiger partial charge in [-0.3, -0.25) is 19.4 Å². The van der Waals surface area contributed by atoms with Gasteiger partial charge in [0.15, 0.2) is 0 Å². The van der Waals surface area contributed by atoms with Crippen molar-refractivity contribution in [2.24, 2.45) is 5.92 Å². The third-order valence-electron chi connectivity index (χ3n) is 6.50. The van der Waals surface area contributed by atoms with Crippen LogP contribution in [0.3, 0.4) is 0 Å². The molecule has 0 atom stereocenters. The zero-order valence-corrected chi connectivity index (χ0v) is 19.4. The fourth-order valence-corrected chi connectivity index (χ4v) is 4.44. The summed E-state index contributed by atoms with van der Waals surface area (Å²) in [5.74, 6) is 0.630. The maximum Gasteiger partial charge on any atom is 0.257 e. The van der Waals surface area contributed by atoms with Crippen molar-refractivity contribution in [2.75, 3.05) is 45.8 Å². The number of ether oxygens (including phenoxy) is 2. The molecule has 1 aromatic heterocycles. The van der Waals surface area contributed by atoms with Crippen molar-refractivity contribution in [2.45, 2.75) is 25.8 Å². The van der Waals surface area contributed by atoms with E-state index in [1.165, 1.54) is 0 Å². The third kappa shape index (κ3) is 4.35. The standard InChI is InChI=1S/C25H28N4O5/c1-28-14-20-23(25(28)32)19(12-17(26-20)13-21(30)15-3-4-15)27-18-6-5-16(11-22(18)33-2)24(31)29-7-9-34-10-8-29/h5-6,11-12,15H,3-4,7-10,13-14H2,1-2H3,(H,26,27). The average molecular weight is 465 g/mol. The molecule has 9 heteroatoms. The zero-order chi connectivity index (χ0) is 23.8. The number of Topliss-reactive ketones (excluding diaryl/α,β-unsaturated/α-hetero) is 1. The Labute approximate surface area is 198 Å². The highest BCUT2D eigenvalue weighted by Crippen LogP contribution is 2.36. The summed E-state index contributed by atoms with van der Waals surface area (Å²) in [6.45, 7) is 2.58. The van der Waals surface area contributed by atoms with Gasteiger partial charge in [0.1, 0.15) is 11.5 Å². The molecule has 2 amide bonds. The number of nitrogens with one attached hydrogen (secondary N) is 1. The van der Waals surface area contributed by atoms with Gasteiger partial charge in [-0.2, -0.15) is 0 Å². The molecule has 0 radical (unpaired) electrons. The SMILES string of the molecule is COc1cc(C(=O)N2CCOCC2)ccc1Nc1cc(CC(=O)C2CC2)nc2c1C(=O)N(C)C2. The summed E-state index contributed by atoms with van der Waals surface area (Å²) in [7, 11) is 3.27. The van der Waals surface area contributed by atoms with Gasteiger partial charge in [0.2, 0.25) is 0 Å². The summed E-state index contributed by atoms with van der Waals surface area (Å²) in [6, 6.07) is 7.00. The molecule has 2 fully saturated rings. The number of nitrogens with zero attached hydrogens (tertiary/aromatic N) is 3. The minimum absolute atomic E-state index is 0.0735. The highest BCUT2D eigenvalue weighted by molar-refractivity contribution is 6.04. The van der Waals surface area contributed by atoms with Crippen LogP contribution < -0.4 is 10.1 Å². The van der Waals surface area contributed by atoms with Gasteiger partial charge in [0, 0.05) is 38.0 Å². The summed E-state index contributed by atoms with van der Waals surface area (Å²) in [5, 5.41) is 3.31. The van der Waals surface area contributed by atoms with E-state index in [1.807, 2.05) is 0 Å². The van der Waals surface area contributed by atoms with Gasteiger partial charge in [0.05, 0.1) is 55.2 Å². The number of morpholine rings is 1. The van der Waals surface area contributed by atoms with Crippen LogP contribution in [0.5, 0.6) is 5.75 Å². The largest absolute Gasteiger partial charge is 0.495 e. The average Bonchev–Trinajstić information content (AvgIpc) is 3.65. The Morgan fingerprint density at radius 1 is 1.18 bits per heavy atom. The van der Waals surface area contributed by atoms with Crippen LogP contribution in [0.25, 0.3) is 0 Å². The number of carbonyl (C=O) groups is 3. The lowest BCUT2D eigenvalue weighted by Gasteiger charge is -2.27. The lowest BCUT2D eigenvalue weighted by molar-refractivity contribution is -0.119. The quantitative estimate of drug-likeness (QED) is 0.672. The molecule has 34 heavy (non-hydrogen) atoms. The Morgan fingerprint density at radius 3 is 2.65 bits per heavy atom. The Morgan fingerprint density at radius 2 is 1.94 bits per heavy atom. The fraction of sp³-hybridized carbons (Fsp3) is 0.440. The molecule has 9 nitrogen and oxygen atoms in total. The van der Waals surface area contributed by atoms with E-state index in [1.54, 1.807) is 48.2 Å². The Balaban J connectivity index is 1.44. The topological polar surface area (TPSA) is 101 Å². The predicted octanol–water partition coefficient (Wildman–Crippen LogP) is 2.41. The monoisotopic (exact) mass is 464 g/mol. The number of hydrogen-bond donors (Lipinski definition) is 1. The fourth-order valence-electron chi connectivity index (χ4n) is 4.44. The number of carbonyl (C=O) groups excluding carboxylic acids is 3. The molecule has 178 valence electrons. The first-order valence-corrected chi connectivity index (χ1v) is 11.6. The molecule has 5 rings (SSSR count). The molecule has 2 aromatic rings. The molecule has 0 unspecified atom stereocenters. The van der Waals surface area contributed by atoms with E-state index < -0.39 is 0 Å². The number of anilines is 2. The molecule has 3 aliphatic rings. The number of pyridine rings is 1. The van der Waals surface area contributed by atoms with Crippen LogP contribution in [-0.4, -0.2) is 72.8 Å². The van der Waals surface area contributed by atoms with Crippen LogP contribution in [0.1, 0.15) is 44.9 Å². The van der Waals surface area contributed by atoms with Crippen molar-refractivity contribution >= 4 is 29.0 Å². The first-order valence-electron chi connectivity index (χ1n) is 11.6. The minimum atomic E-state index is -0.122. The lowest BCUT2D eigenvalue weighted by atomic mass is 10.1. The van der Waals surface area contributed by atoms with Crippen LogP contribution in [0, 0.1) is 5.92 Å². The van der Waals surface area contributed by atoms with Crippen LogP contribution in [-0.2, 0) is 22.5 Å². The number of methoxy groups -OCH3 is 1. The highest BCUT2D eigenvalue weighted by Gasteiger charge is 2.33. The second-order valence-corrected chi connectivity index (χ2v) is 9.01. The number of benzene rings is 1. The van der Waals surface area contributed by atoms with Gasteiger partial charge in [-0.15, -0.1) is 0 Å². The first-order chi connectivity index (χ1) is 16.4. The van der Waals surface area contributed by atoms with Crippen LogP contribution in [0.15, 0.2) is 24.3 Å². The van der Waals surface area contributed by atoms with Gasteiger partial charge < -0.3 is 24.6 Å². The van der Waals surface area contributed by atoms with Crippen LogP contribution >= 0.6 is 0 Å². The number of amides is 2. The van der Waals surface area contributed by atoms with Crippen molar-refractivity contribution in [3.63, 3.8) is 0 Å². The number of hydrogen-bond acceptors (Lipinski definition) is 7. The first kappa shape index (κ1) is 22.3. The normalized spacial score (nSPS) is 17.5. The van der Waals surface area contributed by atoms with Crippen LogP contribution in [0.4, 0.5) is 11.4 Å². The Kier molecular flexibility index (Phi) is 5.95. The van der Waals surface area contributed by atoms with Crippen molar-refractivity contribution in [1.82, 2.24) is 14.8 Å². The number of rotatable bonds is 7. The Bertz CT molecular complexity index is 1150. The van der Waals surface area contributed by atoms with E-state index >= 15 is 0 Å². The molecule has 2 aliphatic heterocycles. The summed E-state index contributed by atoms with van der Waals surface area (Å²) in [6.07, 6.45) is 2.15. The number of fused-ring (bicyclic) bond motifs is 1. The molecule has 1 aliphatic carbocycles. The van der Waals surface area contributed by atoms with Gasteiger partial charge in [-0.1, -0.05) is 0 Å². The second kappa shape index (κ2) is 9.06. The summed E-state index contributed by atoms with van der Waals surface area (Å²) >= 11 is 0. The van der Waals surface area contributed by atoms with Crippen molar-refractivity contribution in [1.29, 1.82) is 0 Å². The van der Waals surface area contributed by atoms with Gasteiger partial charge in [0.25, 0.3) is 11.8 Å². The van der Waals surface area contributed by atoms with Crippen molar-refractivity contribution in [3.8, 4) is 5.75 Å². The molecule has 1 saturated carbocycles. The third-order valence-corrected chi connectivity index (χ3v) is 6.50. The number of aromatic nitrogens is 1. The van der Waals surface area contributed by atoms with Gasteiger partial charge >= 0.3 is 0 Å². The molecular weight excluding hydrogens is 436 g/mol. The molecular formula is C25H28N4O5. The lowest BCUT2D eigenvalue weighted by Crippen LogP contribution is -2.40. The number of ketones is 1. The predicted molar refractivity (Wildman–Crippen MR) is 124 cm³/mol. The molecule has 1 N–H and O–H groups in total. The summed E-state index contributed by atoms with van der Waals surface area (Å²) in [4.78, 5) is 46.1. The van der Waals surface area contributed by atoms with E-state index in [9.17, 15) is 14.4 Å². The van der Waals surface area contributed by atoms with E-state index in [-0.39, 0.29) is 29.9 Å².